The molecule has 166 valence electrons. The van der Waals surface area contributed by atoms with Crippen LogP contribution in [0.5, 0.6) is 0 Å². The Hall–Kier alpha value is -2.09. The van der Waals surface area contributed by atoms with Gasteiger partial charge in [-0.2, -0.15) is 0 Å². The van der Waals surface area contributed by atoms with E-state index < -0.39 is 29.9 Å². The van der Waals surface area contributed by atoms with Crippen molar-refractivity contribution < 1.29 is 28.5 Å². The highest BCUT2D eigenvalue weighted by Crippen LogP contribution is 2.46. The van der Waals surface area contributed by atoms with Crippen molar-refractivity contribution in [3.63, 3.8) is 0 Å². The lowest BCUT2D eigenvalue weighted by Gasteiger charge is -2.36. The third kappa shape index (κ3) is 5.22. The maximum Gasteiger partial charge on any atom is 0.190 e. The van der Waals surface area contributed by atoms with E-state index in [1.807, 2.05) is 74.5 Å². The summed E-state index contributed by atoms with van der Waals surface area (Å²) in [6.07, 6.45) is 0.299. The van der Waals surface area contributed by atoms with Gasteiger partial charge in [0.05, 0.1) is 19.8 Å². The Balaban J connectivity index is 1.53. The maximum atomic E-state index is 11.2. The molecule has 2 saturated heterocycles. The van der Waals surface area contributed by atoms with E-state index in [2.05, 4.69) is 0 Å². The van der Waals surface area contributed by atoms with Gasteiger partial charge >= 0.3 is 0 Å². The first-order valence-corrected chi connectivity index (χ1v) is 10.8. The molecule has 0 N–H and O–H groups in total. The highest BCUT2D eigenvalue weighted by molar-refractivity contribution is 5.49. The molecule has 0 spiro atoms. The topological polar surface area (TPSA) is 63.2 Å². The lowest BCUT2D eigenvalue weighted by molar-refractivity contribution is -0.256. The van der Waals surface area contributed by atoms with Gasteiger partial charge in [0.15, 0.2) is 12.1 Å². The van der Waals surface area contributed by atoms with Crippen LogP contribution in [-0.4, -0.2) is 42.8 Å². The number of ether oxygens (including phenoxy) is 5. The van der Waals surface area contributed by atoms with Crippen LogP contribution >= 0.6 is 0 Å². The van der Waals surface area contributed by atoms with Crippen molar-refractivity contribution in [1.82, 2.24) is 0 Å². The van der Waals surface area contributed by atoms with Gasteiger partial charge in [0.1, 0.15) is 24.1 Å². The van der Waals surface area contributed by atoms with Crippen molar-refractivity contribution in [2.45, 2.75) is 69.8 Å². The number of hydrogen-bond acceptors (Lipinski definition) is 6. The van der Waals surface area contributed by atoms with Crippen molar-refractivity contribution in [2.24, 2.45) is 0 Å². The Labute approximate surface area is 183 Å². The summed E-state index contributed by atoms with van der Waals surface area (Å²) in [5.41, 5.74) is 1.29. The predicted molar refractivity (Wildman–Crippen MR) is 114 cm³/mol. The molecule has 1 unspecified atom stereocenters. The zero-order valence-corrected chi connectivity index (χ0v) is 18.1. The van der Waals surface area contributed by atoms with E-state index in [9.17, 15) is 4.79 Å². The molecule has 0 aromatic heterocycles. The molecule has 0 aliphatic carbocycles. The lowest BCUT2D eigenvalue weighted by Crippen LogP contribution is -2.50. The second-order valence-corrected chi connectivity index (χ2v) is 8.55. The zero-order chi connectivity index (χ0) is 21.7. The van der Waals surface area contributed by atoms with E-state index in [1.165, 1.54) is 0 Å². The van der Waals surface area contributed by atoms with E-state index in [0.29, 0.717) is 26.1 Å². The SMILES string of the molecule is CC1(C)OC2[C@H](O1)O[C@](CCC=O)(COCc1ccccc1)[C@@H]2OCc1ccccc1. The molecule has 0 amide bonds. The van der Waals surface area contributed by atoms with E-state index in [-0.39, 0.29) is 6.61 Å². The minimum Gasteiger partial charge on any atom is -0.374 e. The van der Waals surface area contributed by atoms with Crippen LogP contribution in [0.25, 0.3) is 0 Å². The third-order valence-corrected chi connectivity index (χ3v) is 5.67. The lowest BCUT2D eigenvalue weighted by atomic mass is 9.90. The molecule has 2 heterocycles. The molecule has 4 rings (SSSR count). The number of carbonyl (C=O) groups is 1. The fourth-order valence-electron chi connectivity index (χ4n) is 4.27. The van der Waals surface area contributed by atoms with Crippen LogP contribution in [0, 0.1) is 0 Å². The number of rotatable bonds is 10. The van der Waals surface area contributed by atoms with Gasteiger partial charge in [0.25, 0.3) is 0 Å². The smallest absolute Gasteiger partial charge is 0.190 e. The number of carbonyl (C=O) groups excluding carboxylic acids is 1. The normalized spacial score (nSPS) is 29.0. The fraction of sp³-hybridized carbons (Fsp3) is 0.480. The molecule has 0 bridgehead atoms. The highest BCUT2D eigenvalue weighted by atomic mass is 16.8. The van der Waals surface area contributed by atoms with Crippen molar-refractivity contribution >= 4 is 6.29 Å². The molecule has 2 aromatic carbocycles. The minimum absolute atomic E-state index is 0.273. The number of fused-ring (bicyclic) bond motifs is 1. The van der Waals surface area contributed by atoms with Gasteiger partial charge < -0.3 is 28.5 Å². The van der Waals surface area contributed by atoms with Gasteiger partial charge in [0.2, 0.25) is 0 Å². The molecular formula is C25H30O6. The van der Waals surface area contributed by atoms with Gasteiger partial charge in [-0.05, 0) is 31.4 Å². The standard InChI is InChI=1S/C25H30O6/c1-24(2)29-21-22(28-17-20-12-7-4-8-13-20)25(14-9-15-26,31-23(21)30-24)18-27-16-19-10-5-3-6-11-19/h3-8,10-13,15,21-23H,9,14,16-18H2,1-2H3/t21?,22-,23-,25-/m1/s1. The molecular weight excluding hydrogens is 396 g/mol. The van der Waals surface area contributed by atoms with Crippen molar-refractivity contribution in [1.29, 1.82) is 0 Å². The van der Waals surface area contributed by atoms with Crippen LogP contribution in [0.15, 0.2) is 60.7 Å². The van der Waals surface area contributed by atoms with Crippen molar-refractivity contribution in [3.05, 3.63) is 71.8 Å². The number of benzene rings is 2. The largest absolute Gasteiger partial charge is 0.374 e. The second kappa shape index (κ2) is 9.59. The third-order valence-electron chi connectivity index (χ3n) is 5.67. The van der Waals surface area contributed by atoms with Gasteiger partial charge in [-0.3, -0.25) is 0 Å². The quantitative estimate of drug-likeness (QED) is 0.535. The average Bonchev–Trinajstić information content (AvgIpc) is 3.21. The van der Waals surface area contributed by atoms with Crippen molar-refractivity contribution in [3.8, 4) is 0 Å². The molecule has 2 aliphatic rings. The first-order valence-electron chi connectivity index (χ1n) is 10.8. The Kier molecular flexibility index (Phi) is 6.84. The molecule has 0 saturated carbocycles. The Morgan fingerprint density at radius 1 is 0.903 bits per heavy atom. The van der Waals surface area contributed by atoms with Crippen LogP contribution in [0.3, 0.4) is 0 Å². The summed E-state index contributed by atoms with van der Waals surface area (Å²) in [6, 6.07) is 19.9. The summed E-state index contributed by atoms with van der Waals surface area (Å²) in [5.74, 6) is -0.759. The number of aldehydes is 1. The van der Waals surface area contributed by atoms with Crippen LogP contribution in [0.2, 0.25) is 0 Å². The molecule has 2 fully saturated rings. The summed E-state index contributed by atoms with van der Waals surface area (Å²) in [4.78, 5) is 11.2. The Bertz CT molecular complexity index is 840. The van der Waals surface area contributed by atoms with Gasteiger partial charge in [-0.15, -0.1) is 0 Å². The maximum absolute atomic E-state index is 11.2. The van der Waals surface area contributed by atoms with E-state index in [0.717, 1.165) is 17.4 Å². The van der Waals surface area contributed by atoms with E-state index >= 15 is 0 Å². The second-order valence-electron chi connectivity index (χ2n) is 8.55. The van der Waals surface area contributed by atoms with Crippen LogP contribution < -0.4 is 0 Å². The summed E-state index contributed by atoms with van der Waals surface area (Å²) in [6.45, 7) is 4.85. The van der Waals surface area contributed by atoms with Crippen LogP contribution in [0.4, 0.5) is 0 Å². The molecule has 31 heavy (non-hydrogen) atoms. The summed E-state index contributed by atoms with van der Waals surface area (Å²) in [5, 5.41) is 0. The average molecular weight is 427 g/mol. The molecule has 0 radical (unpaired) electrons. The summed E-state index contributed by atoms with van der Waals surface area (Å²) in [7, 11) is 0. The van der Waals surface area contributed by atoms with Crippen LogP contribution in [-0.2, 0) is 41.7 Å². The molecule has 2 aliphatic heterocycles. The predicted octanol–water partition coefficient (Wildman–Crippen LogP) is 4.01. The van der Waals surface area contributed by atoms with Gasteiger partial charge in [0, 0.05) is 6.42 Å². The Morgan fingerprint density at radius 3 is 2.19 bits per heavy atom. The van der Waals surface area contributed by atoms with Gasteiger partial charge in [-0.25, -0.2) is 0 Å². The number of hydrogen-bond donors (Lipinski definition) is 0. The first-order chi connectivity index (χ1) is 15.0. The van der Waals surface area contributed by atoms with Crippen molar-refractivity contribution in [2.75, 3.05) is 6.61 Å². The van der Waals surface area contributed by atoms with E-state index in [1.54, 1.807) is 0 Å². The fourth-order valence-corrected chi connectivity index (χ4v) is 4.27. The molecule has 2 aromatic rings. The monoisotopic (exact) mass is 426 g/mol. The molecule has 6 nitrogen and oxygen atoms in total. The van der Waals surface area contributed by atoms with E-state index in [4.69, 9.17) is 23.7 Å². The summed E-state index contributed by atoms with van der Waals surface area (Å²) >= 11 is 0. The molecule has 6 heteroatoms. The zero-order valence-electron chi connectivity index (χ0n) is 18.1. The van der Waals surface area contributed by atoms with Gasteiger partial charge in [-0.1, -0.05) is 60.7 Å². The molecule has 4 atom stereocenters. The first kappa shape index (κ1) is 22.1. The Morgan fingerprint density at radius 2 is 1.55 bits per heavy atom. The van der Waals surface area contributed by atoms with Crippen LogP contribution in [0.1, 0.15) is 37.8 Å². The highest BCUT2D eigenvalue weighted by Gasteiger charge is 2.62. The summed E-state index contributed by atoms with van der Waals surface area (Å²) < 4.78 is 31.0. The minimum atomic E-state index is -0.837.